The maximum atomic E-state index is 4.44. The molecule has 0 saturated carbocycles. The van der Waals surface area contributed by atoms with Crippen molar-refractivity contribution in [3.63, 3.8) is 0 Å². The molecule has 1 fully saturated rings. The summed E-state index contributed by atoms with van der Waals surface area (Å²) in [5.74, 6) is 0. The number of nitrogens with zero attached hydrogens (tertiary/aromatic N) is 3. The van der Waals surface area contributed by atoms with Crippen LogP contribution in [0.4, 0.5) is 5.13 Å². The number of hydrogen-bond donors (Lipinski definition) is 1. The van der Waals surface area contributed by atoms with E-state index >= 15 is 0 Å². The molecule has 4 nitrogen and oxygen atoms in total. The summed E-state index contributed by atoms with van der Waals surface area (Å²) in [5, 5.41) is 4.42. The fourth-order valence-electron chi connectivity index (χ4n) is 2.60. The average Bonchev–Trinajstić information content (AvgIpc) is 2.84. The summed E-state index contributed by atoms with van der Waals surface area (Å²) in [7, 11) is 0. The molecule has 1 unspecified atom stereocenters. The highest BCUT2D eigenvalue weighted by molar-refractivity contribution is 7.15. The van der Waals surface area contributed by atoms with Gasteiger partial charge >= 0.3 is 0 Å². The second kappa shape index (κ2) is 7.22. The zero-order valence-corrected chi connectivity index (χ0v) is 13.2. The fraction of sp³-hybridized carbons (Fsp3) is 0.786. The van der Waals surface area contributed by atoms with Gasteiger partial charge in [-0.05, 0) is 19.9 Å². The van der Waals surface area contributed by atoms with Crippen molar-refractivity contribution in [3.05, 3.63) is 11.1 Å². The Morgan fingerprint density at radius 3 is 2.95 bits per heavy atom. The Hall–Kier alpha value is -0.650. The van der Waals surface area contributed by atoms with E-state index < -0.39 is 0 Å². The van der Waals surface area contributed by atoms with Crippen LogP contribution in [0.2, 0.25) is 0 Å². The quantitative estimate of drug-likeness (QED) is 0.868. The minimum absolute atomic E-state index is 0.671. The lowest BCUT2D eigenvalue weighted by molar-refractivity contribution is 0.0840. The Balaban J connectivity index is 1.83. The van der Waals surface area contributed by atoms with Gasteiger partial charge in [-0.15, -0.1) is 11.3 Å². The predicted octanol–water partition coefficient (Wildman–Crippen LogP) is 2.49. The van der Waals surface area contributed by atoms with Crippen LogP contribution in [0.1, 0.15) is 32.1 Å². The fourth-order valence-corrected chi connectivity index (χ4v) is 3.48. The van der Waals surface area contributed by atoms with E-state index in [1.165, 1.54) is 31.1 Å². The SMILES string of the molecule is CCCNc1ncc(CN2CCN(CC)C(C)C2)s1. The lowest BCUT2D eigenvalue weighted by Crippen LogP contribution is -2.51. The number of aromatic nitrogens is 1. The molecule has 1 aliphatic rings. The maximum absolute atomic E-state index is 4.44. The van der Waals surface area contributed by atoms with Gasteiger partial charge in [-0.3, -0.25) is 9.80 Å². The monoisotopic (exact) mass is 282 g/mol. The van der Waals surface area contributed by atoms with Crippen molar-refractivity contribution in [2.45, 2.75) is 39.8 Å². The van der Waals surface area contributed by atoms with Crippen LogP contribution in [-0.4, -0.2) is 53.5 Å². The zero-order chi connectivity index (χ0) is 13.7. The van der Waals surface area contributed by atoms with Gasteiger partial charge in [-0.1, -0.05) is 13.8 Å². The molecule has 1 aliphatic heterocycles. The van der Waals surface area contributed by atoms with Crippen molar-refractivity contribution in [2.24, 2.45) is 0 Å². The smallest absolute Gasteiger partial charge is 0.182 e. The molecule has 1 aromatic heterocycles. The van der Waals surface area contributed by atoms with E-state index in [1.807, 2.05) is 6.20 Å². The molecule has 1 saturated heterocycles. The highest BCUT2D eigenvalue weighted by Crippen LogP contribution is 2.21. The molecule has 0 amide bonds. The molecule has 2 heterocycles. The lowest BCUT2D eigenvalue weighted by atomic mass is 10.2. The second-order valence-corrected chi connectivity index (χ2v) is 6.39. The molecule has 1 aromatic rings. The molecule has 0 bridgehead atoms. The van der Waals surface area contributed by atoms with Gasteiger partial charge < -0.3 is 5.32 Å². The van der Waals surface area contributed by atoms with Gasteiger partial charge in [0, 0.05) is 49.8 Å². The molecule has 0 spiro atoms. The average molecular weight is 282 g/mol. The summed E-state index contributed by atoms with van der Waals surface area (Å²) in [6.07, 6.45) is 3.17. The summed E-state index contributed by atoms with van der Waals surface area (Å²) in [6.45, 7) is 13.5. The number of nitrogens with one attached hydrogen (secondary N) is 1. The van der Waals surface area contributed by atoms with E-state index in [9.17, 15) is 0 Å². The van der Waals surface area contributed by atoms with Gasteiger partial charge in [0.25, 0.3) is 0 Å². The first kappa shape index (κ1) is 14.8. The van der Waals surface area contributed by atoms with Crippen molar-refractivity contribution in [1.29, 1.82) is 0 Å². The molecule has 19 heavy (non-hydrogen) atoms. The highest BCUT2D eigenvalue weighted by Gasteiger charge is 2.22. The van der Waals surface area contributed by atoms with E-state index in [2.05, 4.69) is 40.9 Å². The first-order chi connectivity index (χ1) is 9.22. The summed E-state index contributed by atoms with van der Waals surface area (Å²) in [4.78, 5) is 10.9. The van der Waals surface area contributed by atoms with Crippen molar-refractivity contribution in [2.75, 3.05) is 38.0 Å². The van der Waals surface area contributed by atoms with Crippen molar-refractivity contribution in [1.82, 2.24) is 14.8 Å². The van der Waals surface area contributed by atoms with Crippen LogP contribution in [0.25, 0.3) is 0 Å². The Kier molecular flexibility index (Phi) is 5.60. The predicted molar refractivity (Wildman–Crippen MR) is 82.9 cm³/mol. The maximum Gasteiger partial charge on any atom is 0.182 e. The summed E-state index contributed by atoms with van der Waals surface area (Å²) in [5.41, 5.74) is 0. The van der Waals surface area contributed by atoms with Crippen LogP contribution in [0.3, 0.4) is 0 Å². The van der Waals surface area contributed by atoms with Gasteiger partial charge in [-0.25, -0.2) is 4.98 Å². The summed E-state index contributed by atoms with van der Waals surface area (Å²) in [6, 6.07) is 0.671. The van der Waals surface area contributed by atoms with Crippen LogP contribution in [0.5, 0.6) is 0 Å². The molecule has 0 aromatic carbocycles. The standard InChI is InChI=1S/C14H26N4S/c1-4-6-15-14-16-9-13(19-14)11-17-7-8-18(5-2)12(3)10-17/h9,12H,4-8,10-11H2,1-3H3,(H,15,16). The lowest BCUT2D eigenvalue weighted by Gasteiger charge is -2.39. The zero-order valence-electron chi connectivity index (χ0n) is 12.4. The highest BCUT2D eigenvalue weighted by atomic mass is 32.1. The van der Waals surface area contributed by atoms with Gasteiger partial charge in [0.1, 0.15) is 0 Å². The molecule has 108 valence electrons. The topological polar surface area (TPSA) is 31.4 Å². The summed E-state index contributed by atoms with van der Waals surface area (Å²) >= 11 is 1.80. The van der Waals surface area contributed by atoms with Crippen LogP contribution < -0.4 is 5.32 Å². The van der Waals surface area contributed by atoms with E-state index in [0.29, 0.717) is 6.04 Å². The number of likely N-dealkylation sites (N-methyl/N-ethyl adjacent to an activating group) is 1. The van der Waals surface area contributed by atoms with Gasteiger partial charge in [0.05, 0.1) is 0 Å². The van der Waals surface area contributed by atoms with Crippen molar-refractivity contribution >= 4 is 16.5 Å². The van der Waals surface area contributed by atoms with Crippen LogP contribution in [-0.2, 0) is 6.54 Å². The minimum Gasteiger partial charge on any atom is -0.362 e. The molecule has 1 atom stereocenters. The number of thiazole rings is 1. The van der Waals surface area contributed by atoms with E-state index in [0.717, 1.165) is 24.6 Å². The molecule has 1 N–H and O–H groups in total. The Bertz CT molecular complexity index is 379. The van der Waals surface area contributed by atoms with E-state index in [4.69, 9.17) is 0 Å². The third-order valence-corrected chi connectivity index (χ3v) is 4.65. The number of piperazine rings is 1. The summed E-state index contributed by atoms with van der Waals surface area (Å²) < 4.78 is 0. The van der Waals surface area contributed by atoms with Gasteiger partial charge in [0.2, 0.25) is 0 Å². The molecule has 0 radical (unpaired) electrons. The number of rotatable bonds is 6. The van der Waals surface area contributed by atoms with Crippen LogP contribution in [0.15, 0.2) is 6.20 Å². The molecule has 0 aliphatic carbocycles. The molecular weight excluding hydrogens is 256 g/mol. The Morgan fingerprint density at radius 1 is 1.42 bits per heavy atom. The van der Waals surface area contributed by atoms with Gasteiger partial charge in [-0.2, -0.15) is 0 Å². The first-order valence-corrected chi connectivity index (χ1v) is 8.19. The van der Waals surface area contributed by atoms with Crippen LogP contribution >= 0.6 is 11.3 Å². The largest absolute Gasteiger partial charge is 0.362 e. The third-order valence-electron chi connectivity index (χ3n) is 3.71. The minimum atomic E-state index is 0.671. The first-order valence-electron chi connectivity index (χ1n) is 7.37. The molecule has 5 heteroatoms. The normalized spacial score (nSPS) is 21.7. The van der Waals surface area contributed by atoms with Crippen LogP contribution in [0, 0.1) is 0 Å². The second-order valence-electron chi connectivity index (χ2n) is 5.27. The Labute approximate surface area is 120 Å². The Morgan fingerprint density at radius 2 is 2.26 bits per heavy atom. The van der Waals surface area contributed by atoms with Gasteiger partial charge in [0.15, 0.2) is 5.13 Å². The van der Waals surface area contributed by atoms with E-state index in [1.54, 1.807) is 11.3 Å². The third kappa shape index (κ3) is 4.16. The van der Waals surface area contributed by atoms with E-state index in [-0.39, 0.29) is 0 Å². The number of anilines is 1. The number of hydrogen-bond acceptors (Lipinski definition) is 5. The molecular formula is C14H26N4S. The van der Waals surface area contributed by atoms with Crippen molar-refractivity contribution in [3.8, 4) is 0 Å². The molecule has 2 rings (SSSR count). The van der Waals surface area contributed by atoms with Crippen molar-refractivity contribution < 1.29 is 0 Å².